The molecule has 0 aromatic carbocycles. The van der Waals surface area contributed by atoms with E-state index in [-0.39, 0.29) is 11.9 Å². The van der Waals surface area contributed by atoms with E-state index in [1.54, 1.807) is 0 Å². The van der Waals surface area contributed by atoms with E-state index >= 15 is 0 Å². The number of halogens is 3. The zero-order valence-corrected chi connectivity index (χ0v) is 16.3. The first-order valence-electron chi connectivity index (χ1n) is 8.70. The topological polar surface area (TPSA) is 77.0 Å². The largest absolute Gasteiger partial charge is 0.388 e. The van der Waals surface area contributed by atoms with E-state index in [0.29, 0.717) is 6.42 Å². The summed E-state index contributed by atoms with van der Waals surface area (Å²) in [6.07, 6.45) is 1.66. The number of hydrogen-bond acceptors (Lipinski definition) is 5. The van der Waals surface area contributed by atoms with Gasteiger partial charge in [-0.25, -0.2) is 0 Å². The van der Waals surface area contributed by atoms with E-state index in [1.165, 1.54) is 13.5 Å². The maximum atomic E-state index is 12.9. The quantitative estimate of drug-likeness (QED) is 0.691. The summed E-state index contributed by atoms with van der Waals surface area (Å²) in [4.78, 5) is 12.9. The van der Waals surface area contributed by atoms with E-state index in [0.717, 1.165) is 25.7 Å². The molecule has 2 aliphatic carbocycles. The van der Waals surface area contributed by atoms with Crippen LogP contribution in [-0.2, 0) is 19.0 Å². The highest BCUT2D eigenvalue weighted by Gasteiger charge is 2.57. The molecule has 3 aliphatic rings. The van der Waals surface area contributed by atoms with Crippen LogP contribution in [-0.4, -0.2) is 58.7 Å². The Morgan fingerprint density at radius 1 is 1.16 bits per heavy atom. The van der Waals surface area contributed by atoms with Gasteiger partial charge in [0.15, 0.2) is 0 Å². The summed E-state index contributed by atoms with van der Waals surface area (Å²) in [7, 11) is 1.49. The van der Waals surface area contributed by atoms with Crippen molar-refractivity contribution >= 4 is 40.7 Å². The zero-order valence-electron chi connectivity index (χ0n) is 14.0. The predicted molar refractivity (Wildman–Crippen MR) is 93.8 cm³/mol. The van der Waals surface area contributed by atoms with Crippen LogP contribution >= 0.6 is 34.8 Å². The molecule has 1 aliphatic heterocycles. The number of carbonyl (C=O) groups excluding carboxylic acids is 1. The molecule has 144 valence electrons. The number of nitrogens with one attached hydrogen (secondary N) is 1. The normalized spacial score (nSPS) is 39.9. The first kappa shape index (κ1) is 19.9. The molecule has 2 saturated carbocycles. The fraction of sp³-hybridized carbons (Fsp3) is 0.938. The number of rotatable bonds is 3. The van der Waals surface area contributed by atoms with Crippen molar-refractivity contribution in [1.82, 2.24) is 5.32 Å². The standard InChI is InChI=1S/C16H24Cl3NO5/c1-23-10-7-9(14(22)20-8-5-3-2-4-6-8)12-13(11(10)21)25-15(24-12)16(17,18)19/h8-13,15,21H,2-7H2,1H3,(H,20,22)/t9-,10+,11+,12+,13-,15?/m1/s1. The van der Waals surface area contributed by atoms with Crippen LogP contribution in [0.4, 0.5) is 0 Å². The molecular formula is C16H24Cl3NO5. The minimum absolute atomic E-state index is 0.121. The molecule has 0 aromatic heterocycles. The lowest BCUT2D eigenvalue weighted by Gasteiger charge is -2.39. The minimum Gasteiger partial charge on any atom is -0.388 e. The summed E-state index contributed by atoms with van der Waals surface area (Å²) in [5.41, 5.74) is 0. The van der Waals surface area contributed by atoms with Gasteiger partial charge in [-0.05, 0) is 19.3 Å². The lowest BCUT2D eigenvalue weighted by molar-refractivity contribution is -0.149. The van der Waals surface area contributed by atoms with E-state index in [9.17, 15) is 9.90 Å². The third kappa shape index (κ3) is 4.37. The maximum absolute atomic E-state index is 12.9. The van der Waals surface area contributed by atoms with Crippen LogP contribution in [0.1, 0.15) is 38.5 Å². The van der Waals surface area contributed by atoms with Gasteiger partial charge in [0.1, 0.15) is 18.3 Å². The zero-order chi connectivity index (χ0) is 18.2. The number of aliphatic hydroxyl groups excluding tert-OH is 1. The number of carbonyl (C=O) groups is 1. The van der Waals surface area contributed by atoms with Crippen LogP contribution in [0.2, 0.25) is 0 Å². The predicted octanol–water partition coefficient (Wildman–Crippen LogP) is 2.31. The number of alkyl halides is 3. The Morgan fingerprint density at radius 2 is 1.80 bits per heavy atom. The SMILES string of the molecule is CO[C@H]1C[C@@H](C(=O)NC2CCCCC2)[C@@H]2OC(C(Cl)(Cl)Cl)O[C@@H]2[C@H]1O. The molecule has 6 nitrogen and oxygen atoms in total. The summed E-state index contributed by atoms with van der Waals surface area (Å²) < 4.78 is 14.9. The van der Waals surface area contributed by atoms with Crippen LogP contribution in [0.15, 0.2) is 0 Å². The first-order valence-corrected chi connectivity index (χ1v) is 9.83. The van der Waals surface area contributed by atoms with Crippen LogP contribution in [0.3, 0.4) is 0 Å². The van der Waals surface area contributed by atoms with Gasteiger partial charge in [0.25, 0.3) is 0 Å². The second-order valence-corrected chi connectivity index (χ2v) is 9.39. The summed E-state index contributed by atoms with van der Waals surface area (Å²) in [6.45, 7) is 0. The first-order chi connectivity index (χ1) is 11.8. The molecule has 3 rings (SSSR count). The van der Waals surface area contributed by atoms with Crippen molar-refractivity contribution in [2.75, 3.05) is 7.11 Å². The molecule has 9 heteroatoms. The molecule has 3 fully saturated rings. The summed E-state index contributed by atoms with van der Waals surface area (Å²) >= 11 is 17.6. The van der Waals surface area contributed by atoms with Crippen LogP contribution in [0.5, 0.6) is 0 Å². The number of hydrogen-bond donors (Lipinski definition) is 2. The van der Waals surface area contributed by atoms with Gasteiger partial charge in [-0.1, -0.05) is 54.1 Å². The smallest absolute Gasteiger partial charge is 0.240 e. The van der Waals surface area contributed by atoms with Crippen molar-refractivity contribution in [3.8, 4) is 0 Å². The summed E-state index contributed by atoms with van der Waals surface area (Å²) in [5.74, 6) is -0.651. The van der Waals surface area contributed by atoms with Gasteiger partial charge in [0, 0.05) is 13.2 Å². The monoisotopic (exact) mass is 415 g/mol. The third-order valence-electron chi connectivity index (χ3n) is 5.34. The number of aliphatic hydroxyl groups is 1. The van der Waals surface area contributed by atoms with Crippen LogP contribution < -0.4 is 5.32 Å². The Bertz CT molecular complexity index is 483. The lowest BCUT2D eigenvalue weighted by atomic mass is 9.80. The lowest BCUT2D eigenvalue weighted by Crippen LogP contribution is -2.57. The number of methoxy groups -OCH3 is 1. The van der Waals surface area contributed by atoms with Gasteiger partial charge in [-0.2, -0.15) is 0 Å². The van der Waals surface area contributed by atoms with Gasteiger partial charge >= 0.3 is 0 Å². The Morgan fingerprint density at radius 3 is 2.40 bits per heavy atom. The number of ether oxygens (including phenoxy) is 3. The summed E-state index contributed by atoms with van der Waals surface area (Å²) in [5, 5.41) is 13.6. The Balaban J connectivity index is 1.73. The van der Waals surface area contributed by atoms with Crippen molar-refractivity contribution in [2.45, 2.75) is 79.1 Å². The molecule has 0 aromatic rings. The molecule has 0 spiro atoms. The van der Waals surface area contributed by atoms with Gasteiger partial charge in [0.2, 0.25) is 16.0 Å². The van der Waals surface area contributed by atoms with Crippen LogP contribution in [0, 0.1) is 5.92 Å². The third-order valence-corrected chi connectivity index (χ3v) is 5.88. The van der Waals surface area contributed by atoms with Crippen molar-refractivity contribution in [3.05, 3.63) is 0 Å². The van der Waals surface area contributed by atoms with Crippen molar-refractivity contribution < 1.29 is 24.1 Å². The highest BCUT2D eigenvalue weighted by atomic mass is 35.6. The molecule has 0 bridgehead atoms. The van der Waals surface area contributed by atoms with Crippen molar-refractivity contribution in [2.24, 2.45) is 5.92 Å². The molecule has 1 amide bonds. The number of amides is 1. The fourth-order valence-electron chi connectivity index (χ4n) is 4.01. The Hall–Kier alpha value is 0.180. The molecule has 1 unspecified atom stereocenters. The van der Waals surface area contributed by atoms with Gasteiger partial charge in [-0.15, -0.1) is 0 Å². The van der Waals surface area contributed by atoms with Crippen molar-refractivity contribution in [1.29, 1.82) is 0 Å². The molecular weight excluding hydrogens is 393 g/mol. The minimum atomic E-state index is -1.80. The fourth-order valence-corrected chi connectivity index (χ4v) is 4.32. The van der Waals surface area contributed by atoms with E-state index < -0.39 is 40.4 Å². The van der Waals surface area contributed by atoms with Gasteiger partial charge in [-0.3, -0.25) is 4.79 Å². The number of fused-ring (bicyclic) bond motifs is 1. The van der Waals surface area contributed by atoms with E-state index in [1.807, 2.05) is 0 Å². The highest BCUT2D eigenvalue weighted by Crippen LogP contribution is 2.44. The average Bonchev–Trinajstić information content (AvgIpc) is 3.02. The average molecular weight is 417 g/mol. The van der Waals surface area contributed by atoms with E-state index in [4.69, 9.17) is 49.0 Å². The van der Waals surface area contributed by atoms with Crippen molar-refractivity contribution in [3.63, 3.8) is 0 Å². The Kier molecular flexibility index (Phi) is 6.41. The van der Waals surface area contributed by atoms with Gasteiger partial charge in [0.05, 0.1) is 12.0 Å². The Labute approximate surface area is 162 Å². The second kappa shape index (κ2) is 8.05. The molecule has 1 heterocycles. The molecule has 2 N–H and O–H groups in total. The second-order valence-electron chi connectivity index (χ2n) is 7.03. The molecule has 0 radical (unpaired) electrons. The van der Waals surface area contributed by atoms with E-state index in [2.05, 4.69) is 5.32 Å². The maximum Gasteiger partial charge on any atom is 0.240 e. The van der Waals surface area contributed by atoms with Crippen LogP contribution in [0.25, 0.3) is 0 Å². The highest BCUT2D eigenvalue weighted by molar-refractivity contribution is 6.67. The summed E-state index contributed by atoms with van der Waals surface area (Å²) in [6, 6.07) is 0.179. The molecule has 1 saturated heterocycles. The molecule has 25 heavy (non-hydrogen) atoms. The van der Waals surface area contributed by atoms with Gasteiger partial charge < -0.3 is 24.6 Å². The molecule has 6 atom stereocenters.